The van der Waals surface area contributed by atoms with Crippen molar-refractivity contribution in [3.8, 4) is 17.5 Å². The Morgan fingerprint density at radius 2 is 2.12 bits per heavy atom. The van der Waals surface area contributed by atoms with Gasteiger partial charge in [0.1, 0.15) is 11.9 Å². The average Bonchev–Trinajstić information content (AvgIpc) is 3.47. The lowest BCUT2D eigenvalue weighted by Gasteiger charge is -2.37. The molecule has 0 radical (unpaired) electrons. The fourth-order valence-corrected chi connectivity index (χ4v) is 5.16. The quantitative estimate of drug-likeness (QED) is 0.295. The molecule has 1 saturated carbocycles. The summed E-state index contributed by atoms with van der Waals surface area (Å²) in [4.78, 5) is 15.8. The highest BCUT2D eigenvalue weighted by molar-refractivity contribution is 7.89. The fourth-order valence-electron chi connectivity index (χ4n) is 3.93. The van der Waals surface area contributed by atoms with E-state index in [2.05, 4.69) is 30.0 Å². The van der Waals surface area contributed by atoms with Crippen molar-refractivity contribution in [3.63, 3.8) is 0 Å². The van der Waals surface area contributed by atoms with E-state index in [1.54, 1.807) is 12.4 Å². The summed E-state index contributed by atoms with van der Waals surface area (Å²) in [5.41, 5.74) is 3.05. The number of hydrogen-bond donors (Lipinski definition) is 4. The first-order chi connectivity index (χ1) is 16.5. The summed E-state index contributed by atoms with van der Waals surface area (Å²) < 4.78 is 33.6. The van der Waals surface area contributed by atoms with Crippen LogP contribution >= 0.6 is 0 Å². The molecule has 174 valence electrons. The van der Waals surface area contributed by atoms with Gasteiger partial charge in [0, 0.05) is 49.1 Å². The minimum atomic E-state index is -3.83. The molecule has 0 aromatic carbocycles. The highest BCUT2D eigenvalue weighted by atomic mass is 32.2. The van der Waals surface area contributed by atoms with E-state index in [-0.39, 0.29) is 29.3 Å². The Hall–Kier alpha value is -3.79. The number of anilines is 1. The minimum absolute atomic E-state index is 0.0113. The molecule has 4 aromatic rings. The number of rotatable bonds is 8. The lowest BCUT2D eigenvalue weighted by molar-refractivity contribution is 0.298. The van der Waals surface area contributed by atoms with Gasteiger partial charge in [-0.2, -0.15) is 5.26 Å². The molecule has 1 fully saturated rings. The molecule has 4 aromatic heterocycles. The molecule has 12 heteroatoms. The Morgan fingerprint density at radius 1 is 1.26 bits per heavy atom. The molecule has 1 aliphatic carbocycles. The predicted molar refractivity (Wildman–Crippen MR) is 122 cm³/mol. The molecule has 0 unspecified atom stereocenters. The summed E-state index contributed by atoms with van der Waals surface area (Å²) in [6.07, 6.45) is 7.79. The topological polar surface area (TPSA) is 170 Å². The zero-order chi connectivity index (χ0) is 23.7. The standard InChI is InChI=1S/C22H21N7O4S/c23-10-13-1-4-24-19(7-13)34(31,32)29-16-8-15(9-16)27-20-17-2-5-25-21(17)26-11-18(20)22-28-14(3-6-30)12-33-22/h1-2,4-5,7,11-12,15-16,29-30H,3,6,8-9H2,(H2,25,26,27). The lowest BCUT2D eigenvalue weighted by Crippen LogP contribution is -2.49. The number of oxazole rings is 1. The van der Waals surface area contributed by atoms with Gasteiger partial charge in [-0.1, -0.05) is 0 Å². The van der Waals surface area contributed by atoms with E-state index in [4.69, 9.17) is 14.8 Å². The number of hydrogen-bond acceptors (Lipinski definition) is 9. The Kier molecular flexibility index (Phi) is 5.74. The van der Waals surface area contributed by atoms with E-state index in [0.29, 0.717) is 42.1 Å². The third-order valence-electron chi connectivity index (χ3n) is 5.68. The number of aliphatic hydroxyl groups is 1. The molecule has 11 nitrogen and oxygen atoms in total. The molecule has 5 rings (SSSR count). The molecule has 4 N–H and O–H groups in total. The number of fused-ring (bicyclic) bond motifs is 1. The predicted octanol–water partition coefficient (Wildman–Crippen LogP) is 1.94. The summed E-state index contributed by atoms with van der Waals surface area (Å²) >= 11 is 0. The first-order valence-electron chi connectivity index (χ1n) is 10.6. The van der Waals surface area contributed by atoms with E-state index in [0.717, 1.165) is 11.1 Å². The van der Waals surface area contributed by atoms with Crippen molar-refractivity contribution in [2.24, 2.45) is 0 Å². The van der Waals surface area contributed by atoms with Crippen molar-refractivity contribution < 1.29 is 17.9 Å². The van der Waals surface area contributed by atoms with Crippen molar-refractivity contribution >= 4 is 26.7 Å². The van der Waals surface area contributed by atoms with Crippen LogP contribution < -0.4 is 10.0 Å². The van der Waals surface area contributed by atoms with Crippen LogP contribution in [0.25, 0.3) is 22.5 Å². The number of H-pyrrole nitrogens is 1. The molecule has 4 heterocycles. The van der Waals surface area contributed by atoms with E-state index in [1.807, 2.05) is 12.1 Å². The summed E-state index contributed by atoms with van der Waals surface area (Å²) in [5.74, 6) is 0.390. The van der Waals surface area contributed by atoms with Gasteiger partial charge < -0.3 is 19.8 Å². The number of pyridine rings is 2. The number of nitrogens with zero attached hydrogens (tertiary/aromatic N) is 4. The van der Waals surface area contributed by atoms with Gasteiger partial charge in [-0.25, -0.2) is 28.1 Å². The summed E-state index contributed by atoms with van der Waals surface area (Å²) in [6, 6.07) is 6.28. The van der Waals surface area contributed by atoms with Crippen LogP contribution in [-0.2, 0) is 16.4 Å². The van der Waals surface area contributed by atoms with E-state index in [9.17, 15) is 8.42 Å². The Bertz CT molecular complexity index is 1480. The van der Waals surface area contributed by atoms with Gasteiger partial charge in [0.25, 0.3) is 10.0 Å². The van der Waals surface area contributed by atoms with Gasteiger partial charge in [-0.15, -0.1) is 0 Å². The maximum atomic E-state index is 12.6. The monoisotopic (exact) mass is 479 g/mol. The maximum absolute atomic E-state index is 12.6. The fraction of sp³-hybridized carbons (Fsp3) is 0.273. The second kappa shape index (κ2) is 8.86. The number of aliphatic hydroxyl groups excluding tert-OH is 1. The third-order valence-corrected chi connectivity index (χ3v) is 7.10. The van der Waals surface area contributed by atoms with Gasteiger partial charge in [0.15, 0.2) is 5.03 Å². The molecule has 0 spiro atoms. The maximum Gasteiger partial charge on any atom is 0.258 e. The smallest absolute Gasteiger partial charge is 0.258 e. The zero-order valence-corrected chi connectivity index (χ0v) is 18.7. The lowest BCUT2D eigenvalue weighted by atomic mass is 9.87. The Balaban J connectivity index is 1.32. The third kappa shape index (κ3) is 4.24. The molecule has 0 bridgehead atoms. The molecule has 0 atom stereocenters. The molecule has 34 heavy (non-hydrogen) atoms. The number of aromatic amines is 1. The van der Waals surface area contributed by atoms with Crippen molar-refractivity contribution in [3.05, 3.63) is 54.3 Å². The van der Waals surface area contributed by atoms with Crippen molar-refractivity contribution in [2.45, 2.75) is 36.4 Å². The highest BCUT2D eigenvalue weighted by Gasteiger charge is 2.34. The zero-order valence-electron chi connectivity index (χ0n) is 17.9. The Labute approximate surface area is 194 Å². The van der Waals surface area contributed by atoms with Crippen LogP contribution in [0, 0.1) is 11.3 Å². The number of aromatic nitrogens is 4. The van der Waals surface area contributed by atoms with Crippen LogP contribution in [-0.4, -0.2) is 52.2 Å². The van der Waals surface area contributed by atoms with Crippen LogP contribution in [0.4, 0.5) is 5.69 Å². The number of nitrogens with one attached hydrogen (secondary N) is 3. The molecular formula is C22H21N7O4S. The molecular weight excluding hydrogens is 458 g/mol. The molecule has 0 aliphatic heterocycles. The first-order valence-corrected chi connectivity index (χ1v) is 12.1. The van der Waals surface area contributed by atoms with E-state index >= 15 is 0 Å². The van der Waals surface area contributed by atoms with Crippen LogP contribution in [0.5, 0.6) is 0 Å². The minimum Gasteiger partial charge on any atom is -0.444 e. The van der Waals surface area contributed by atoms with Crippen molar-refractivity contribution in [2.75, 3.05) is 11.9 Å². The molecule has 1 aliphatic rings. The number of sulfonamides is 1. The normalized spacial score (nSPS) is 17.9. The van der Waals surface area contributed by atoms with Crippen LogP contribution in [0.1, 0.15) is 24.1 Å². The number of nitriles is 1. The van der Waals surface area contributed by atoms with Gasteiger partial charge in [0.05, 0.1) is 28.6 Å². The molecule has 0 saturated heterocycles. The van der Waals surface area contributed by atoms with Crippen molar-refractivity contribution in [1.82, 2.24) is 24.7 Å². The average molecular weight is 480 g/mol. The van der Waals surface area contributed by atoms with E-state index < -0.39 is 10.0 Å². The van der Waals surface area contributed by atoms with Gasteiger partial charge in [-0.3, -0.25) is 0 Å². The summed E-state index contributed by atoms with van der Waals surface area (Å²) in [7, 11) is -3.83. The summed E-state index contributed by atoms with van der Waals surface area (Å²) in [6.45, 7) is -0.0259. The summed E-state index contributed by atoms with van der Waals surface area (Å²) in [5, 5.41) is 22.3. The largest absolute Gasteiger partial charge is 0.444 e. The second-order valence-corrected chi connectivity index (χ2v) is 9.69. The first kappa shape index (κ1) is 22.0. The van der Waals surface area contributed by atoms with Gasteiger partial charge in [0.2, 0.25) is 5.89 Å². The van der Waals surface area contributed by atoms with Crippen LogP contribution in [0.15, 0.2) is 52.5 Å². The van der Waals surface area contributed by atoms with Crippen molar-refractivity contribution in [1.29, 1.82) is 5.26 Å². The SMILES string of the molecule is N#Cc1ccnc(S(=O)(=O)NC2CC(Nc3c(-c4nc(CCO)co4)cnc4[nH]ccc34)C2)c1. The highest BCUT2D eigenvalue weighted by Crippen LogP contribution is 2.36. The van der Waals surface area contributed by atoms with Crippen LogP contribution in [0.3, 0.4) is 0 Å². The van der Waals surface area contributed by atoms with Gasteiger partial charge >= 0.3 is 0 Å². The molecule has 0 amide bonds. The van der Waals surface area contributed by atoms with Gasteiger partial charge in [-0.05, 0) is 31.0 Å². The second-order valence-electron chi connectivity index (χ2n) is 8.03. The Morgan fingerprint density at radius 3 is 2.91 bits per heavy atom. The van der Waals surface area contributed by atoms with Crippen LogP contribution in [0.2, 0.25) is 0 Å². The van der Waals surface area contributed by atoms with E-state index in [1.165, 1.54) is 24.6 Å².